The van der Waals surface area contributed by atoms with Gasteiger partial charge in [-0.25, -0.2) is 8.78 Å². The van der Waals surface area contributed by atoms with E-state index >= 15 is 0 Å². The number of hydrogen-bond donors (Lipinski definition) is 1. The number of rotatable bonds is 1. The van der Waals surface area contributed by atoms with Gasteiger partial charge in [-0.3, -0.25) is 4.79 Å². The summed E-state index contributed by atoms with van der Waals surface area (Å²) in [6, 6.07) is 2.04. The van der Waals surface area contributed by atoms with Crippen LogP contribution in [0, 0.1) is 18.6 Å². The lowest BCUT2D eigenvalue weighted by Crippen LogP contribution is -2.46. The molecule has 3 nitrogen and oxygen atoms in total. The van der Waals surface area contributed by atoms with E-state index in [9.17, 15) is 13.6 Å². The van der Waals surface area contributed by atoms with Crippen LogP contribution in [0.1, 0.15) is 15.9 Å². The van der Waals surface area contributed by atoms with Gasteiger partial charge in [0.1, 0.15) is 11.6 Å². The first-order valence-corrected chi connectivity index (χ1v) is 5.55. The van der Waals surface area contributed by atoms with Crippen LogP contribution in [0.4, 0.5) is 8.78 Å². The summed E-state index contributed by atoms with van der Waals surface area (Å²) < 4.78 is 26.6. The Labute approximate surface area is 98.4 Å². The molecular formula is C12H14F2N2O. The predicted octanol–water partition coefficient (Wildman–Crippen LogP) is 1.32. The van der Waals surface area contributed by atoms with E-state index in [1.807, 2.05) is 0 Å². The molecule has 1 amide bonds. The van der Waals surface area contributed by atoms with E-state index in [-0.39, 0.29) is 17.0 Å². The van der Waals surface area contributed by atoms with Crippen molar-refractivity contribution in [3.8, 4) is 0 Å². The molecule has 1 aliphatic heterocycles. The number of carbonyl (C=O) groups is 1. The van der Waals surface area contributed by atoms with Crippen LogP contribution in [0.25, 0.3) is 0 Å². The third-order valence-corrected chi connectivity index (χ3v) is 2.88. The summed E-state index contributed by atoms with van der Waals surface area (Å²) in [5.74, 6) is -1.79. The molecule has 1 aromatic rings. The predicted molar refractivity (Wildman–Crippen MR) is 59.9 cm³/mol. The summed E-state index contributed by atoms with van der Waals surface area (Å²) >= 11 is 0. The Morgan fingerprint density at radius 1 is 1.24 bits per heavy atom. The number of halogens is 2. The number of carbonyl (C=O) groups excluding carboxylic acids is 1. The highest BCUT2D eigenvalue weighted by Gasteiger charge is 2.21. The van der Waals surface area contributed by atoms with Gasteiger partial charge in [-0.15, -0.1) is 0 Å². The molecule has 1 saturated heterocycles. The molecular weight excluding hydrogens is 226 g/mol. The summed E-state index contributed by atoms with van der Waals surface area (Å²) in [4.78, 5) is 13.6. The van der Waals surface area contributed by atoms with Crippen molar-refractivity contribution in [1.29, 1.82) is 0 Å². The molecule has 2 rings (SSSR count). The fourth-order valence-corrected chi connectivity index (χ4v) is 1.86. The molecule has 0 saturated carbocycles. The zero-order chi connectivity index (χ0) is 12.4. The molecule has 0 radical (unpaired) electrons. The minimum absolute atomic E-state index is 0.0502. The van der Waals surface area contributed by atoms with Crippen molar-refractivity contribution in [3.63, 3.8) is 0 Å². The monoisotopic (exact) mass is 240 g/mol. The third-order valence-electron chi connectivity index (χ3n) is 2.88. The number of hydrogen-bond acceptors (Lipinski definition) is 2. The van der Waals surface area contributed by atoms with Gasteiger partial charge in [-0.05, 0) is 18.6 Å². The Balaban J connectivity index is 2.26. The molecule has 0 aromatic heterocycles. The number of benzene rings is 1. The van der Waals surface area contributed by atoms with E-state index in [0.717, 1.165) is 6.07 Å². The van der Waals surface area contributed by atoms with E-state index in [1.165, 1.54) is 13.0 Å². The van der Waals surface area contributed by atoms with Gasteiger partial charge >= 0.3 is 0 Å². The fraction of sp³-hybridized carbons (Fsp3) is 0.417. The molecule has 1 N–H and O–H groups in total. The zero-order valence-corrected chi connectivity index (χ0v) is 9.59. The van der Waals surface area contributed by atoms with Gasteiger partial charge in [-0.1, -0.05) is 0 Å². The van der Waals surface area contributed by atoms with Crippen molar-refractivity contribution in [2.24, 2.45) is 0 Å². The van der Waals surface area contributed by atoms with E-state index < -0.39 is 11.6 Å². The van der Waals surface area contributed by atoms with Crippen LogP contribution < -0.4 is 5.32 Å². The van der Waals surface area contributed by atoms with Crippen molar-refractivity contribution in [1.82, 2.24) is 10.2 Å². The van der Waals surface area contributed by atoms with Gasteiger partial charge in [0.25, 0.3) is 5.91 Å². The fourth-order valence-electron chi connectivity index (χ4n) is 1.86. The SMILES string of the molecule is Cc1cc(C(=O)N2CCNCC2)c(F)cc1F. The second-order valence-corrected chi connectivity index (χ2v) is 4.12. The Hall–Kier alpha value is -1.49. The highest BCUT2D eigenvalue weighted by atomic mass is 19.1. The second-order valence-electron chi connectivity index (χ2n) is 4.12. The summed E-state index contributed by atoms with van der Waals surface area (Å²) in [6.45, 7) is 4.02. The summed E-state index contributed by atoms with van der Waals surface area (Å²) in [5.41, 5.74) is 0.232. The highest BCUT2D eigenvalue weighted by molar-refractivity contribution is 5.94. The van der Waals surface area contributed by atoms with Gasteiger partial charge in [0.05, 0.1) is 5.56 Å². The van der Waals surface area contributed by atoms with Crippen LogP contribution in [0.2, 0.25) is 0 Å². The van der Waals surface area contributed by atoms with Crippen molar-refractivity contribution < 1.29 is 13.6 Å². The number of aryl methyl sites for hydroxylation is 1. The molecule has 0 spiro atoms. The smallest absolute Gasteiger partial charge is 0.256 e. The zero-order valence-electron chi connectivity index (χ0n) is 9.59. The summed E-state index contributed by atoms with van der Waals surface area (Å²) in [7, 11) is 0. The van der Waals surface area contributed by atoms with Crippen molar-refractivity contribution >= 4 is 5.91 Å². The normalized spacial score (nSPS) is 16.1. The maximum absolute atomic E-state index is 13.5. The molecule has 0 aliphatic carbocycles. The topological polar surface area (TPSA) is 32.3 Å². The second kappa shape index (κ2) is 4.79. The van der Waals surface area contributed by atoms with Crippen molar-refractivity contribution in [2.75, 3.05) is 26.2 Å². The van der Waals surface area contributed by atoms with Crippen LogP contribution in [-0.2, 0) is 0 Å². The minimum Gasteiger partial charge on any atom is -0.336 e. The van der Waals surface area contributed by atoms with Gasteiger partial charge in [0, 0.05) is 32.2 Å². The lowest BCUT2D eigenvalue weighted by molar-refractivity contribution is 0.0731. The standard InChI is InChI=1S/C12H14F2N2O/c1-8-6-9(11(14)7-10(8)13)12(17)16-4-2-15-3-5-16/h6-7,15H,2-5H2,1H3. The van der Waals surface area contributed by atoms with Crippen LogP contribution in [0.15, 0.2) is 12.1 Å². The number of nitrogens with zero attached hydrogens (tertiary/aromatic N) is 1. The van der Waals surface area contributed by atoms with E-state index in [0.29, 0.717) is 26.2 Å². The van der Waals surface area contributed by atoms with E-state index in [2.05, 4.69) is 5.32 Å². The number of nitrogens with one attached hydrogen (secondary N) is 1. The van der Waals surface area contributed by atoms with Gasteiger partial charge < -0.3 is 10.2 Å². The quantitative estimate of drug-likeness (QED) is 0.803. The Bertz CT molecular complexity index is 442. The van der Waals surface area contributed by atoms with Crippen molar-refractivity contribution in [3.05, 3.63) is 34.9 Å². The maximum atomic E-state index is 13.5. The molecule has 0 atom stereocenters. The molecule has 0 bridgehead atoms. The van der Waals surface area contributed by atoms with Crippen LogP contribution in [0.3, 0.4) is 0 Å². The largest absolute Gasteiger partial charge is 0.336 e. The molecule has 1 aromatic carbocycles. The average Bonchev–Trinajstić information content (AvgIpc) is 2.34. The van der Waals surface area contributed by atoms with Gasteiger partial charge in [0.15, 0.2) is 0 Å². The third kappa shape index (κ3) is 2.44. The lowest BCUT2D eigenvalue weighted by atomic mass is 10.1. The first-order chi connectivity index (χ1) is 8.09. The first kappa shape index (κ1) is 12.0. The molecule has 17 heavy (non-hydrogen) atoms. The maximum Gasteiger partial charge on any atom is 0.256 e. The van der Waals surface area contributed by atoms with E-state index in [4.69, 9.17) is 0 Å². The summed E-state index contributed by atoms with van der Waals surface area (Å²) in [5, 5.41) is 3.11. The molecule has 5 heteroatoms. The molecule has 1 heterocycles. The van der Waals surface area contributed by atoms with Crippen LogP contribution >= 0.6 is 0 Å². The van der Waals surface area contributed by atoms with Gasteiger partial charge in [-0.2, -0.15) is 0 Å². The summed E-state index contributed by atoms with van der Waals surface area (Å²) in [6.07, 6.45) is 0. The highest BCUT2D eigenvalue weighted by Crippen LogP contribution is 2.16. The lowest BCUT2D eigenvalue weighted by Gasteiger charge is -2.27. The molecule has 1 fully saturated rings. The molecule has 1 aliphatic rings. The van der Waals surface area contributed by atoms with Crippen LogP contribution in [-0.4, -0.2) is 37.0 Å². The van der Waals surface area contributed by atoms with Crippen molar-refractivity contribution in [2.45, 2.75) is 6.92 Å². The first-order valence-electron chi connectivity index (χ1n) is 5.55. The van der Waals surface area contributed by atoms with Gasteiger partial charge in [0.2, 0.25) is 0 Å². The Kier molecular flexibility index (Phi) is 3.38. The average molecular weight is 240 g/mol. The van der Waals surface area contributed by atoms with Crippen LogP contribution in [0.5, 0.6) is 0 Å². The Morgan fingerprint density at radius 3 is 2.53 bits per heavy atom. The Morgan fingerprint density at radius 2 is 1.88 bits per heavy atom. The van der Waals surface area contributed by atoms with E-state index in [1.54, 1.807) is 4.90 Å². The molecule has 92 valence electrons. The minimum atomic E-state index is -0.795. The number of piperazine rings is 1. The molecule has 0 unspecified atom stereocenters. The number of amides is 1.